The minimum absolute atomic E-state index is 0.954. The summed E-state index contributed by atoms with van der Waals surface area (Å²) in [5.74, 6) is 0.954. The maximum absolute atomic E-state index is 4.31. The zero-order chi connectivity index (χ0) is 20.3. The van der Waals surface area contributed by atoms with Gasteiger partial charge in [-0.1, -0.05) is 68.9 Å². The maximum atomic E-state index is 4.31. The molecule has 0 bridgehead atoms. The van der Waals surface area contributed by atoms with Crippen LogP contribution in [0.1, 0.15) is 51.9 Å². The highest BCUT2D eigenvalue weighted by Crippen LogP contribution is 2.27. The molecule has 0 spiro atoms. The minimum Gasteiger partial charge on any atom is -0.346 e. The molecule has 2 N–H and O–H groups in total. The smallest absolute Gasteiger partial charge is 0.132 e. The maximum Gasteiger partial charge on any atom is 0.132 e. The summed E-state index contributed by atoms with van der Waals surface area (Å²) >= 11 is 0. The van der Waals surface area contributed by atoms with Gasteiger partial charge in [0, 0.05) is 57.1 Å². The predicted molar refractivity (Wildman–Crippen MR) is 125 cm³/mol. The van der Waals surface area contributed by atoms with Gasteiger partial charge in [0.05, 0.1) is 0 Å². The number of nitrogens with one attached hydrogen (secondary N) is 2. The molecule has 2 heterocycles. The summed E-state index contributed by atoms with van der Waals surface area (Å²) in [6.45, 7) is 7.59. The van der Waals surface area contributed by atoms with Gasteiger partial charge in [0.25, 0.3) is 0 Å². The molecule has 4 aliphatic rings. The van der Waals surface area contributed by atoms with Crippen LogP contribution in [0.25, 0.3) is 0 Å². The average molecular weight is 395 g/mol. The molecular formula is C25H38N4. The summed E-state index contributed by atoms with van der Waals surface area (Å²) in [6, 6.07) is 0. The molecule has 0 atom stereocenters. The van der Waals surface area contributed by atoms with E-state index in [0.717, 1.165) is 45.0 Å². The summed E-state index contributed by atoms with van der Waals surface area (Å²) in [6.07, 6.45) is 23.3. The van der Waals surface area contributed by atoms with Crippen molar-refractivity contribution in [3.05, 3.63) is 58.9 Å². The molecule has 0 amide bonds. The lowest BCUT2D eigenvalue weighted by atomic mass is 9.99. The van der Waals surface area contributed by atoms with Crippen LogP contribution in [0.3, 0.4) is 0 Å². The molecule has 4 heteroatoms. The van der Waals surface area contributed by atoms with Crippen molar-refractivity contribution in [1.82, 2.24) is 15.5 Å². The summed E-state index contributed by atoms with van der Waals surface area (Å²) in [5.41, 5.74) is 5.11. The van der Waals surface area contributed by atoms with Crippen LogP contribution in [0.5, 0.6) is 0 Å². The molecule has 4 rings (SSSR count). The van der Waals surface area contributed by atoms with Crippen molar-refractivity contribution < 1.29 is 0 Å². The SMILES string of the molecule is C/C=C1/C(C2=CCC=C(CN3CCNCC3)C=C2)=CNC1=NC.C1CCCCC1. The fourth-order valence-corrected chi connectivity index (χ4v) is 4.31. The van der Waals surface area contributed by atoms with Crippen LogP contribution in [0, 0.1) is 0 Å². The Hall–Kier alpha value is -1.91. The molecule has 158 valence electrons. The van der Waals surface area contributed by atoms with Crippen LogP contribution in [0.4, 0.5) is 0 Å². The van der Waals surface area contributed by atoms with Gasteiger partial charge in [-0.15, -0.1) is 0 Å². The summed E-state index contributed by atoms with van der Waals surface area (Å²) in [5, 5.41) is 6.67. The number of amidine groups is 1. The number of allylic oxidation sites excluding steroid dienone is 5. The standard InChI is InChI=1S/C19H26N4.C6H12/c1-3-17-18(13-22-19(17)20-2)16-6-4-5-15(7-8-16)14-23-11-9-21-10-12-23;1-2-4-6-5-3-1/h3,5-8,13,21H,4,9-12,14H2,1-2H3,(H,20,22);1-6H2/b17-3-;. The number of aliphatic imine (C=N–C) groups is 1. The third kappa shape index (κ3) is 6.55. The van der Waals surface area contributed by atoms with Crippen LogP contribution in [0.2, 0.25) is 0 Å². The highest BCUT2D eigenvalue weighted by Gasteiger charge is 2.19. The summed E-state index contributed by atoms with van der Waals surface area (Å²) < 4.78 is 0. The first-order chi connectivity index (χ1) is 14.3. The van der Waals surface area contributed by atoms with Crippen LogP contribution in [-0.4, -0.2) is 50.5 Å². The van der Waals surface area contributed by atoms with E-state index < -0.39 is 0 Å². The first-order valence-corrected chi connectivity index (χ1v) is 11.4. The van der Waals surface area contributed by atoms with Crippen molar-refractivity contribution in [3.63, 3.8) is 0 Å². The van der Waals surface area contributed by atoms with Crippen LogP contribution in [-0.2, 0) is 0 Å². The number of hydrogen-bond acceptors (Lipinski definition) is 3. The van der Waals surface area contributed by atoms with Gasteiger partial charge in [-0.3, -0.25) is 9.89 Å². The average Bonchev–Trinajstić information content (AvgIpc) is 3.07. The Morgan fingerprint density at radius 3 is 2.31 bits per heavy atom. The molecule has 1 saturated carbocycles. The van der Waals surface area contributed by atoms with E-state index in [4.69, 9.17) is 0 Å². The molecule has 0 aromatic heterocycles. The van der Waals surface area contributed by atoms with Gasteiger partial charge in [0.2, 0.25) is 0 Å². The third-order valence-electron chi connectivity index (χ3n) is 6.03. The fraction of sp³-hybridized carbons (Fsp3) is 0.560. The molecule has 2 aliphatic carbocycles. The lowest BCUT2D eigenvalue weighted by Gasteiger charge is -2.27. The van der Waals surface area contributed by atoms with E-state index in [1.54, 1.807) is 0 Å². The van der Waals surface area contributed by atoms with Crippen LogP contribution < -0.4 is 10.6 Å². The molecule has 2 aliphatic heterocycles. The van der Waals surface area contributed by atoms with E-state index in [1.165, 1.54) is 60.8 Å². The molecule has 0 aromatic carbocycles. The molecule has 1 saturated heterocycles. The quantitative estimate of drug-likeness (QED) is 0.740. The number of hydrogen-bond donors (Lipinski definition) is 2. The van der Waals surface area contributed by atoms with E-state index in [-0.39, 0.29) is 0 Å². The van der Waals surface area contributed by atoms with Gasteiger partial charge in [-0.2, -0.15) is 0 Å². The van der Waals surface area contributed by atoms with Gasteiger partial charge in [-0.25, -0.2) is 0 Å². The summed E-state index contributed by atoms with van der Waals surface area (Å²) in [4.78, 5) is 6.83. The van der Waals surface area contributed by atoms with Gasteiger partial charge in [-0.05, 0) is 24.5 Å². The number of rotatable bonds is 3. The molecule has 0 unspecified atom stereocenters. The third-order valence-corrected chi connectivity index (χ3v) is 6.03. The van der Waals surface area contributed by atoms with Crippen LogP contribution in [0.15, 0.2) is 63.9 Å². The highest BCUT2D eigenvalue weighted by molar-refractivity contribution is 6.07. The van der Waals surface area contributed by atoms with E-state index in [9.17, 15) is 0 Å². The Bertz CT molecular complexity index is 700. The van der Waals surface area contributed by atoms with E-state index in [1.807, 2.05) is 7.05 Å². The monoisotopic (exact) mass is 394 g/mol. The lowest BCUT2D eigenvalue weighted by Crippen LogP contribution is -2.44. The largest absolute Gasteiger partial charge is 0.346 e. The molecule has 0 aromatic rings. The number of nitrogens with zero attached hydrogens (tertiary/aromatic N) is 2. The zero-order valence-electron chi connectivity index (χ0n) is 18.3. The normalized spacial score (nSPS) is 25.5. The Balaban J connectivity index is 0.000000343. The van der Waals surface area contributed by atoms with Gasteiger partial charge >= 0.3 is 0 Å². The van der Waals surface area contributed by atoms with Crippen LogP contribution >= 0.6 is 0 Å². The van der Waals surface area contributed by atoms with Crippen molar-refractivity contribution in [2.75, 3.05) is 39.8 Å². The van der Waals surface area contributed by atoms with E-state index >= 15 is 0 Å². The zero-order valence-corrected chi connectivity index (χ0v) is 18.3. The van der Waals surface area contributed by atoms with Crippen molar-refractivity contribution in [2.24, 2.45) is 4.99 Å². The second-order valence-electron chi connectivity index (χ2n) is 8.13. The minimum atomic E-state index is 0.954. The Labute approximate surface area is 177 Å². The molecule has 4 nitrogen and oxygen atoms in total. The topological polar surface area (TPSA) is 39.7 Å². The van der Waals surface area contributed by atoms with Crippen molar-refractivity contribution in [3.8, 4) is 0 Å². The van der Waals surface area contributed by atoms with E-state index in [2.05, 4.69) is 64.0 Å². The lowest BCUT2D eigenvalue weighted by molar-refractivity contribution is 0.261. The van der Waals surface area contributed by atoms with Gasteiger partial charge < -0.3 is 10.6 Å². The molecule has 2 fully saturated rings. The second kappa shape index (κ2) is 11.9. The highest BCUT2D eigenvalue weighted by atomic mass is 15.2. The Morgan fingerprint density at radius 2 is 1.69 bits per heavy atom. The second-order valence-corrected chi connectivity index (χ2v) is 8.13. The fourth-order valence-electron chi connectivity index (χ4n) is 4.31. The summed E-state index contributed by atoms with van der Waals surface area (Å²) in [7, 11) is 1.83. The number of piperazine rings is 1. The van der Waals surface area contributed by atoms with Crippen molar-refractivity contribution in [1.29, 1.82) is 0 Å². The molecular weight excluding hydrogens is 356 g/mol. The van der Waals surface area contributed by atoms with Gasteiger partial charge in [0.15, 0.2) is 0 Å². The predicted octanol–water partition coefficient (Wildman–Crippen LogP) is 4.51. The van der Waals surface area contributed by atoms with E-state index in [0.29, 0.717) is 0 Å². The Kier molecular flexibility index (Phi) is 8.97. The van der Waals surface area contributed by atoms with Crippen molar-refractivity contribution in [2.45, 2.75) is 51.9 Å². The molecule has 29 heavy (non-hydrogen) atoms. The first-order valence-electron chi connectivity index (χ1n) is 11.4. The molecule has 0 radical (unpaired) electrons. The van der Waals surface area contributed by atoms with Gasteiger partial charge in [0.1, 0.15) is 5.84 Å². The van der Waals surface area contributed by atoms with Crippen molar-refractivity contribution >= 4 is 5.84 Å². The first kappa shape index (κ1) is 21.8. The Morgan fingerprint density at radius 1 is 1.00 bits per heavy atom.